The van der Waals surface area contributed by atoms with Crippen LogP contribution in [0.25, 0.3) is 6.08 Å². The molecule has 0 N–H and O–H groups in total. The number of rotatable bonds is 4. The van der Waals surface area contributed by atoms with Crippen molar-refractivity contribution in [2.24, 2.45) is 0 Å². The highest BCUT2D eigenvalue weighted by Crippen LogP contribution is 2.20. The van der Waals surface area contributed by atoms with E-state index in [2.05, 4.69) is 0 Å². The van der Waals surface area contributed by atoms with Crippen LogP contribution in [-0.2, 0) is 9.53 Å². The first-order valence-electron chi connectivity index (χ1n) is 5.17. The molecule has 0 fully saturated rings. The Bertz CT molecular complexity index is 394. The minimum atomic E-state index is -0.342. The van der Waals surface area contributed by atoms with Gasteiger partial charge >= 0.3 is 5.97 Å². The lowest BCUT2D eigenvalue weighted by Gasteiger charge is -2.05. The summed E-state index contributed by atoms with van der Waals surface area (Å²) in [5, 5.41) is 0. The summed E-state index contributed by atoms with van der Waals surface area (Å²) in [6, 6.07) is 5.79. The third kappa shape index (κ3) is 3.42. The molecule has 1 aromatic carbocycles. The molecule has 0 spiro atoms. The molecule has 0 aliphatic rings. The molecule has 3 nitrogen and oxygen atoms in total. The van der Waals surface area contributed by atoms with Crippen molar-refractivity contribution in [3.63, 3.8) is 0 Å². The second-order valence-electron chi connectivity index (χ2n) is 3.33. The maximum atomic E-state index is 11.2. The van der Waals surface area contributed by atoms with E-state index in [1.165, 1.54) is 6.08 Å². The number of methoxy groups -OCH3 is 1. The van der Waals surface area contributed by atoms with Gasteiger partial charge in [0.15, 0.2) is 0 Å². The molecule has 0 aliphatic heterocycles. The first kappa shape index (κ1) is 12.3. The zero-order valence-corrected chi connectivity index (χ0v) is 9.82. The highest BCUT2D eigenvalue weighted by molar-refractivity contribution is 5.87. The smallest absolute Gasteiger partial charge is 0.330 e. The normalized spacial score (nSPS) is 10.4. The Hall–Kier alpha value is -1.77. The van der Waals surface area contributed by atoms with Gasteiger partial charge in [-0.25, -0.2) is 4.79 Å². The molecule has 0 atom stereocenters. The molecule has 0 aliphatic carbocycles. The van der Waals surface area contributed by atoms with Crippen LogP contribution in [0.1, 0.15) is 18.1 Å². The zero-order chi connectivity index (χ0) is 12.0. The maximum absolute atomic E-state index is 11.2. The summed E-state index contributed by atoms with van der Waals surface area (Å²) in [7, 11) is 1.60. The third-order valence-corrected chi connectivity index (χ3v) is 2.07. The second-order valence-corrected chi connectivity index (χ2v) is 3.33. The van der Waals surface area contributed by atoms with Crippen LogP contribution in [0.4, 0.5) is 0 Å². The molecule has 1 rings (SSSR count). The van der Waals surface area contributed by atoms with Crippen LogP contribution < -0.4 is 4.74 Å². The van der Waals surface area contributed by atoms with E-state index in [1.807, 2.05) is 25.1 Å². The van der Waals surface area contributed by atoms with Gasteiger partial charge in [0.2, 0.25) is 0 Å². The lowest BCUT2D eigenvalue weighted by Crippen LogP contribution is -1.98. The summed E-state index contributed by atoms with van der Waals surface area (Å²) in [5.74, 6) is 0.400. The van der Waals surface area contributed by atoms with Crippen molar-refractivity contribution in [1.29, 1.82) is 0 Å². The fourth-order valence-electron chi connectivity index (χ4n) is 1.33. The highest BCUT2D eigenvalue weighted by Gasteiger charge is 2.00. The molecular weight excluding hydrogens is 204 g/mol. The topological polar surface area (TPSA) is 35.5 Å². The Labute approximate surface area is 95.7 Å². The zero-order valence-electron chi connectivity index (χ0n) is 9.82. The van der Waals surface area contributed by atoms with Crippen molar-refractivity contribution in [3.05, 3.63) is 35.4 Å². The largest absolute Gasteiger partial charge is 0.496 e. The SMILES string of the molecule is CCOC(=O)/C=C/c1cc(C)ccc1OC. The van der Waals surface area contributed by atoms with Crippen LogP contribution in [0.5, 0.6) is 5.75 Å². The molecule has 1 aromatic rings. The summed E-state index contributed by atoms with van der Waals surface area (Å²) < 4.78 is 9.99. The van der Waals surface area contributed by atoms with E-state index in [9.17, 15) is 4.79 Å². The van der Waals surface area contributed by atoms with Gasteiger partial charge in [0.25, 0.3) is 0 Å². The van der Waals surface area contributed by atoms with Gasteiger partial charge in [-0.05, 0) is 32.1 Å². The van der Waals surface area contributed by atoms with E-state index in [-0.39, 0.29) is 5.97 Å². The summed E-state index contributed by atoms with van der Waals surface area (Å²) in [6.45, 7) is 4.15. The summed E-state index contributed by atoms with van der Waals surface area (Å²) in [5.41, 5.74) is 1.99. The number of carbonyl (C=O) groups is 1. The lowest BCUT2D eigenvalue weighted by atomic mass is 10.1. The van der Waals surface area contributed by atoms with E-state index in [0.717, 1.165) is 16.9 Å². The Balaban J connectivity index is 2.86. The number of carbonyl (C=O) groups excluding carboxylic acids is 1. The number of hydrogen-bond donors (Lipinski definition) is 0. The number of esters is 1. The molecule has 0 radical (unpaired) electrons. The van der Waals surface area contributed by atoms with E-state index < -0.39 is 0 Å². The molecule has 0 unspecified atom stereocenters. The molecular formula is C13H16O3. The Kier molecular flexibility index (Phi) is 4.58. The average Bonchev–Trinajstić information content (AvgIpc) is 2.27. The number of aryl methyl sites for hydroxylation is 1. The molecule has 16 heavy (non-hydrogen) atoms. The van der Waals surface area contributed by atoms with Gasteiger partial charge in [-0.3, -0.25) is 0 Å². The Morgan fingerprint density at radius 2 is 2.19 bits per heavy atom. The van der Waals surface area contributed by atoms with Crippen LogP contribution in [0.3, 0.4) is 0 Å². The van der Waals surface area contributed by atoms with Gasteiger partial charge in [-0.1, -0.05) is 11.6 Å². The van der Waals surface area contributed by atoms with Crippen molar-refractivity contribution in [1.82, 2.24) is 0 Å². The lowest BCUT2D eigenvalue weighted by molar-refractivity contribution is -0.137. The average molecular weight is 220 g/mol. The minimum Gasteiger partial charge on any atom is -0.496 e. The van der Waals surface area contributed by atoms with E-state index in [1.54, 1.807) is 20.1 Å². The third-order valence-electron chi connectivity index (χ3n) is 2.07. The summed E-state index contributed by atoms with van der Waals surface area (Å²) in [4.78, 5) is 11.2. The molecule has 86 valence electrons. The maximum Gasteiger partial charge on any atom is 0.330 e. The van der Waals surface area contributed by atoms with Gasteiger partial charge in [0, 0.05) is 11.6 Å². The second kappa shape index (κ2) is 5.95. The van der Waals surface area contributed by atoms with Crippen molar-refractivity contribution < 1.29 is 14.3 Å². The number of ether oxygens (including phenoxy) is 2. The number of hydrogen-bond acceptors (Lipinski definition) is 3. The van der Waals surface area contributed by atoms with E-state index >= 15 is 0 Å². The summed E-state index contributed by atoms with van der Waals surface area (Å²) in [6.07, 6.45) is 3.10. The number of benzene rings is 1. The fraction of sp³-hybridized carbons (Fsp3) is 0.308. The summed E-state index contributed by atoms with van der Waals surface area (Å²) >= 11 is 0. The van der Waals surface area contributed by atoms with Crippen molar-refractivity contribution in [2.45, 2.75) is 13.8 Å². The molecule has 0 saturated carbocycles. The fourth-order valence-corrected chi connectivity index (χ4v) is 1.33. The monoisotopic (exact) mass is 220 g/mol. The first-order chi connectivity index (χ1) is 7.67. The first-order valence-corrected chi connectivity index (χ1v) is 5.17. The van der Waals surface area contributed by atoms with Gasteiger partial charge < -0.3 is 9.47 Å². The molecule has 0 aromatic heterocycles. The van der Waals surface area contributed by atoms with Crippen LogP contribution >= 0.6 is 0 Å². The van der Waals surface area contributed by atoms with Crippen molar-refractivity contribution >= 4 is 12.0 Å². The molecule has 3 heteroatoms. The molecule has 0 heterocycles. The van der Waals surface area contributed by atoms with Gasteiger partial charge in [0.05, 0.1) is 13.7 Å². The van der Waals surface area contributed by atoms with Gasteiger partial charge in [-0.2, -0.15) is 0 Å². The minimum absolute atomic E-state index is 0.342. The van der Waals surface area contributed by atoms with Crippen LogP contribution in [-0.4, -0.2) is 19.7 Å². The van der Waals surface area contributed by atoms with Gasteiger partial charge in [0.1, 0.15) is 5.75 Å². The van der Waals surface area contributed by atoms with Crippen LogP contribution in [0.2, 0.25) is 0 Å². The van der Waals surface area contributed by atoms with E-state index in [0.29, 0.717) is 6.61 Å². The molecule has 0 amide bonds. The van der Waals surface area contributed by atoms with Crippen molar-refractivity contribution in [2.75, 3.05) is 13.7 Å². The predicted molar refractivity (Wildman–Crippen MR) is 63.4 cm³/mol. The van der Waals surface area contributed by atoms with Crippen LogP contribution in [0.15, 0.2) is 24.3 Å². The molecule has 0 saturated heterocycles. The van der Waals surface area contributed by atoms with E-state index in [4.69, 9.17) is 9.47 Å². The van der Waals surface area contributed by atoms with Gasteiger partial charge in [-0.15, -0.1) is 0 Å². The predicted octanol–water partition coefficient (Wildman–Crippen LogP) is 2.58. The quantitative estimate of drug-likeness (QED) is 0.578. The Morgan fingerprint density at radius 3 is 2.81 bits per heavy atom. The molecule has 0 bridgehead atoms. The van der Waals surface area contributed by atoms with Crippen LogP contribution in [0, 0.1) is 6.92 Å². The van der Waals surface area contributed by atoms with Crippen molar-refractivity contribution in [3.8, 4) is 5.75 Å². The highest BCUT2D eigenvalue weighted by atomic mass is 16.5. The standard InChI is InChI=1S/C13H16O3/c1-4-16-13(14)8-6-11-9-10(2)5-7-12(11)15-3/h5-9H,4H2,1-3H3/b8-6+. The Morgan fingerprint density at radius 1 is 1.44 bits per heavy atom.